The summed E-state index contributed by atoms with van der Waals surface area (Å²) < 4.78 is 40.6. The van der Waals surface area contributed by atoms with E-state index in [0.717, 1.165) is 17.7 Å². The van der Waals surface area contributed by atoms with Gasteiger partial charge in [0.05, 0.1) is 28.9 Å². The first-order chi connectivity index (χ1) is 13.2. The molecule has 0 amide bonds. The van der Waals surface area contributed by atoms with E-state index >= 15 is 0 Å². The summed E-state index contributed by atoms with van der Waals surface area (Å²) in [5.41, 5.74) is 3.03. The van der Waals surface area contributed by atoms with Crippen molar-refractivity contribution in [1.29, 1.82) is 0 Å². The molecule has 9 heteroatoms. The van der Waals surface area contributed by atoms with Crippen molar-refractivity contribution in [2.24, 2.45) is 0 Å². The van der Waals surface area contributed by atoms with Gasteiger partial charge in [-0.3, -0.25) is 4.57 Å². The van der Waals surface area contributed by atoms with Crippen LogP contribution in [0, 0.1) is 18.6 Å². The van der Waals surface area contributed by atoms with Gasteiger partial charge in [-0.05, 0) is 24.1 Å². The summed E-state index contributed by atoms with van der Waals surface area (Å²) in [4.78, 5) is 26.7. The molecule has 28 heavy (non-hydrogen) atoms. The van der Waals surface area contributed by atoms with Crippen LogP contribution in [0.2, 0.25) is 0 Å². The highest BCUT2D eigenvalue weighted by Gasteiger charge is 2.17. The van der Waals surface area contributed by atoms with Gasteiger partial charge in [0.25, 0.3) is 0 Å². The minimum absolute atomic E-state index is 0.333. The topological polar surface area (TPSA) is 88.2 Å². The molecule has 0 saturated heterocycles. The van der Waals surface area contributed by atoms with Crippen molar-refractivity contribution >= 4 is 29.5 Å². The molecular formula is C19H16F2N3O3P. The Balaban J connectivity index is 1.81. The lowest BCUT2D eigenvalue weighted by Gasteiger charge is -2.09. The Hall–Kier alpha value is -2.67. The maximum Gasteiger partial charge on any atom is 0.329 e. The quantitative estimate of drug-likeness (QED) is 0.505. The molecule has 144 valence electrons. The van der Waals surface area contributed by atoms with Crippen LogP contribution >= 0.6 is 7.60 Å². The summed E-state index contributed by atoms with van der Waals surface area (Å²) in [6.07, 6.45) is 1.29. The number of hydrogen-bond acceptors (Lipinski definition) is 3. The Labute approximate surface area is 158 Å². The van der Waals surface area contributed by atoms with E-state index in [9.17, 15) is 13.3 Å². The smallest absolute Gasteiger partial charge is 0.329 e. The Bertz CT molecular complexity index is 1250. The molecule has 0 bridgehead atoms. The molecule has 0 saturated carbocycles. The van der Waals surface area contributed by atoms with E-state index in [0.29, 0.717) is 39.9 Å². The lowest BCUT2D eigenvalue weighted by atomic mass is 10.1. The number of hydrogen-bond donors (Lipinski definition) is 2. The van der Waals surface area contributed by atoms with Crippen molar-refractivity contribution < 1.29 is 23.1 Å². The first-order valence-electron chi connectivity index (χ1n) is 8.44. The Morgan fingerprint density at radius 2 is 1.68 bits per heavy atom. The number of fused-ring (bicyclic) bond motifs is 3. The fourth-order valence-corrected chi connectivity index (χ4v) is 3.97. The summed E-state index contributed by atoms with van der Waals surface area (Å²) in [7, 11) is -4.14. The molecule has 0 aliphatic carbocycles. The van der Waals surface area contributed by atoms with Gasteiger partial charge in [0.1, 0.15) is 5.82 Å². The minimum atomic E-state index is -4.14. The molecule has 0 fully saturated rings. The van der Waals surface area contributed by atoms with E-state index in [2.05, 4.69) is 9.97 Å². The first-order valence-corrected chi connectivity index (χ1v) is 10.2. The number of rotatable bonds is 4. The van der Waals surface area contributed by atoms with E-state index < -0.39 is 19.2 Å². The van der Waals surface area contributed by atoms with Gasteiger partial charge in [-0.15, -0.1) is 0 Å². The molecule has 2 aromatic heterocycles. The molecule has 6 nitrogen and oxygen atoms in total. The second-order valence-electron chi connectivity index (χ2n) is 6.66. The molecule has 4 rings (SSSR count). The fraction of sp³-hybridized carbons (Fsp3) is 0.158. The number of aromatic nitrogens is 3. The predicted octanol–water partition coefficient (Wildman–Crippen LogP) is 3.90. The van der Waals surface area contributed by atoms with Crippen LogP contribution in [0.1, 0.15) is 17.0 Å². The molecule has 2 N–H and O–H groups in total. The molecule has 2 aromatic carbocycles. The molecular weight excluding hydrogens is 387 g/mol. The van der Waals surface area contributed by atoms with Crippen molar-refractivity contribution in [1.82, 2.24) is 14.5 Å². The van der Waals surface area contributed by atoms with E-state index in [-0.39, 0.29) is 6.16 Å². The van der Waals surface area contributed by atoms with Gasteiger partial charge in [0.15, 0.2) is 11.6 Å². The molecule has 4 aromatic rings. The molecule has 0 unspecified atom stereocenters. The van der Waals surface area contributed by atoms with Gasteiger partial charge in [-0.1, -0.05) is 24.3 Å². The largest absolute Gasteiger partial charge is 0.333 e. The summed E-state index contributed by atoms with van der Waals surface area (Å²) >= 11 is 0. The number of benzene rings is 2. The number of nitrogens with zero attached hydrogens (tertiary/aromatic N) is 3. The van der Waals surface area contributed by atoms with Crippen LogP contribution in [0.4, 0.5) is 8.78 Å². The summed E-state index contributed by atoms with van der Waals surface area (Å²) in [6.45, 7) is 2.07. The van der Waals surface area contributed by atoms with Crippen molar-refractivity contribution in [3.8, 4) is 0 Å². The fourth-order valence-electron chi connectivity index (χ4n) is 3.28. The molecule has 2 heterocycles. The third-order valence-corrected chi connectivity index (χ3v) is 5.29. The van der Waals surface area contributed by atoms with Crippen LogP contribution in [0.15, 0.2) is 42.6 Å². The zero-order valence-corrected chi connectivity index (χ0v) is 15.7. The highest BCUT2D eigenvalue weighted by atomic mass is 31.2. The third-order valence-electron chi connectivity index (χ3n) is 4.52. The zero-order valence-electron chi connectivity index (χ0n) is 14.8. The van der Waals surface area contributed by atoms with E-state index in [1.165, 1.54) is 0 Å². The van der Waals surface area contributed by atoms with Crippen LogP contribution in [0.5, 0.6) is 0 Å². The highest BCUT2D eigenvalue weighted by molar-refractivity contribution is 7.50. The van der Waals surface area contributed by atoms with Crippen LogP contribution in [0.25, 0.3) is 21.9 Å². The Morgan fingerprint density at radius 3 is 2.36 bits per heavy atom. The Morgan fingerprint density at radius 1 is 1.04 bits per heavy atom. The number of aryl methyl sites for hydroxylation is 1. The SMILES string of the molecule is Cc1ncc2c(n1)c1cc(F)c(F)cc1n2Cc1ccc(CP(=O)(O)O)cc1. The van der Waals surface area contributed by atoms with Crippen molar-refractivity contribution in [3.63, 3.8) is 0 Å². The van der Waals surface area contributed by atoms with Gasteiger partial charge in [-0.25, -0.2) is 18.7 Å². The van der Waals surface area contributed by atoms with E-state index in [4.69, 9.17) is 9.79 Å². The summed E-state index contributed by atoms with van der Waals surface area (Å²) in [5.74, 6) is -1.36. The molecule has 0 aliphatic rings. The summed E-state index contributed by atoms with van der Waals surface area (Å²) in [5, 5.41) is 0.498. The van der Waals surface area contributed by atoms with E-state index in [1.807, 2.05) is 0 Å². The molecule has 0 aliphatic heterocycles. The molecule has 0 radical (unpaired) electrons. The van der Waals surface area contributed by atoms with Gasteiger partial charge in [-0.2, -0.15) is 0 Å². The van der Waals surface area contributed by atoms with Gasteiger partial charge in [0, 0.05) is 18.0 Å². The monoisotopic (exact) mass is 403 g/mol. The van der Waals surface area contributed by atoms with Crippen LogP contribution < -0.4 is 0 Å². The average molecular weight is 403 g/mol. The van der Waals surface area contributed by atoms with Gasteiger partial charge >= 0.3 is 7.60 Å². The van der Waals surface area contributed by atoms with Crippen LogP contribution in [0.3, 0.4) is 0 Å². The lowest BCUT2D eigenvalue weighted by Crippen LogP contribution is -2.01. The van der Waals surface area contributed by atoms with Crippen LogP contribution in [-0.2, 0) is 17.3 Å². The molecule has 0 atom stereocenters. The minimum Gasteiger partial charge on any atom is -0.333 e. The average Bonchev–Trinajstić information content (AvgIpc) is 2.88. The first kappa shape index (κ1) is 18.7. The Kier molecular flexibility index (Phi) is 4.50. The van der Waals surface area contributed by atoms with Crippen molar-refractivity contribution in [2.45, 2.75) is 19.6 Å². The zero-order chi connectivity index (χ0) is 20.1. The van der Waals surface area contributed by atoms with E-state index in [1.54, 1.807) is 42.0 Å². The van der Waals surface area contributed by atoms with Gasteiger partial charge in [0.2, 0.25) is 0 Å². The molecule has 0 spiro atoms. The standard InChI is InChI=1S/C19H16F2N3O3P/c1-11-22-8-18-19(23-11)14-6-15(20)16(21)7-17(14)24(18)9-12-2-4-13(5-3-12)10-28(25,26)27/h2-8H,9-10H2,1H3,(H2,25,26,27). The summed E-state index contributed by atoms with van der Waals surface area (Å²) in [6, 6.07) is 9.06. The highest BCUT2D eigenvalue weighted by Crippen LogP contribution is 2.39. The predicted molar refractivity (Wildman–Crippen MR) is 101 cm³/mol. The second-order valence-corrected chi connectivity index (χ2v) is 8.31. The van der Waals surface area contributed by atoms with Crippen LogP contribution in [-0.4, -0.2) is 24.3 Å². The number of halogens is 2. The van der Waals surface area contributed by atoms with Crippen molar-refractivity contribution in [3.05, 3.63) is 71.2 Å². The third kappa shape index (κ3) is 3.54. The second kappa shape index (κ2) is 6.74. The lowest BCUT2D eigenvalue weighted by molar-refractivity contribution is 0.371. The van der Waals surface area contributed by atoms with Crippen molar-refractivity contribution in [2.75, 3.05) is 0 Å². The maximum atomic E-state index is 13.9. The van der Waals surface area contributed by atoms with Gasteiger partial charge < -0.3 is 14.4 Å². The normalized spacial score (nSPS) is 12.2. The maximum absolute atomic E-state index is 13.9.